The van der Waals surface area contributed by atoms with Crippen LogP contribution >= 0.6 is 15.9 Å². The summed E-state index contributed by atoms with van der Waals surface area (Å²) in [6.07, 6.45) is 3.40. The number of nitrogens with zero attached hydrogens (tertiary/aromatic N) is 2. The Balaban J connectivity index is 2.07. The number of carboxylic acids is 1. The van der Waals surface area contributed by atoms with Crippen molar-refractivity contribution in [3.05, 3.63) is 64.5 Å². The quantitative estimate of drug-likeness (QED) is 0.799. The van der Waals surface area contributed by atoms with Crippen molar-refractivity contribution in [1.29, 1.82) is 0 Å². The smallest absolute Gasteiger partial charge is 0.337 e. The second kappa shape index (κ2) is 5.09. The molecule has 20 heavy (non-hydrogen) atoms. The Kier molecular flexibility index (Phi) is 3.28. The molecular weight excluding hydrogens is 320 g/mol. The monoisotopic (exact) mass is 330 g/mol. The van der Waals surface area contributed by atoms with E-state index in [0.29, 0.717) is 12.1 Å². The molecule has 0 amide bonds. The fourth-order valence-electron chi connectivity index (χ4n) is 2.22. The molecule has 0 saturated heterocycles. The van der Waals surface area contributed by atoms with Crippen molar-refractivity contribution in [3.63, 3.8) is 0 Å². The number of benzene rings is 1. The summed E-state index contributed by atoms with van der Waals surface area (Å²) in [7, 11) is 0. The van der Waals surface area contributed by atoms with Gasteiger partial charge in [0.25, 0.3) is 0 Å². The summed E-state index contributed by atoms with van der Waals surface area (Å²) in [5.41, 5.74) is 2.10. The maximum absolute atomic E-state index is 11.3. The molecule has 0 atom stereocenters. The minimum atomic E-state index is -0.913. The number of fused-ring (bicyclic) bond motifs is 1. The molecule has 0 aliphatic heterocycles. The van der Waals surface area contributed by atoms with E-state index in [-0.39, 0.29) is 0 Å². The van der Waals surface area contributed by atoms with Gasteiger partial charge in [0.1, 0.15) is 0 Å². The Morgan fingerprint density at radius 3 is 2.75 bits per heavy atom. The van der Waals surface area contributed by atoms with Gasteiger partial charge < -0.3 is 9.67 Å². The van der Waals surface area contributed by atoms with E-state index in [4.69, 9.17) is 0 Å². The lowest BCUT2D eigenvalue weighted by atomic mass is 10.2. The molecule has 4 nitrogen and oxygen atoms in total. The highest BCUT2D eigenvalue weighted by atomic mass is 79.9. The van der Waals surface area contributed by atoms with Crippen LogP contribution in [0.3, 0.4) is 0 Å². The average molecular weight is 331 g/mol. The molecule has 0 unspecified atom stereocenters. The lowest BCUT2D eigenvalue weighted by molar-refractivity contribution is 0.0699. The number of hydrogen-bond donors (Lipinski definition) is 1. The first-order valence-corrected chi connectivity index (χ1v) is 6.86. The molecule has 2 aromatic heterocycles. The number of halogens is 1. The number of rotatable bonds is 3. The first-order chi connectivity index (χ1) is 9.65. The Hall–Kier alpha value is -2.14. The van der Waals surface area contributed by atoms with Crippen molar-refractivity contribution in [2.24, 2.45) is 0 Å². The topological polar surface area (TPSA) is 55.1 Å². The number of carboxylic acid groups (broad SMARTS) is 1. The molecule has 1 aromatic carbocycles. The lowest BCUT2D eigenvalue weighted by Crippen LogP contribution is -2.00. The van der Waals surface area contributed by atoms with E-state index in [2.05, 4.69) is 20.9 Å². The van der Waals surface area contributed by atoms with Crippen LogP contribution in [-0.4, -0.2) is 20.6 Å². The average Bonchev–Trinajstić information content (AvgIpc) is 2.81. The number of aromatic nitrogens is 2. The lowest BCUT2D eigenvalue weighted by Gasteiger charge is -2.04. The third-order valence-electron chi connectivity index (χ3n) is 3.14. The molecule has 100 valence electrons. The fourth-order valence-corrected chi connectivity index (χ4v) is 2.46. The van der Waals surface area contributed by atoms with Crippen LogP contribution < -0.4 is 0 Å². The standard InChI is InChI=1S/C15H11BrN2O2/c16-10-5-6-11(17-7-10)8-18-9-13(15(19)20)12-3-1-2-4-14(12)18/h1-7,9H,8H2,(H,19,20). The first-order valence-electron chi connectivity index (χ1n) is 6.07. The molecule has 0 spiro atoms. The van der Waals surface area contributed by atoms with Crippen molar-refractivity contribution < 1.29 is 9.90 Å². The fraction of sp³-hybridized carbons (Fsp3) is 0.0667. The summed E-state index contributed by atoms with van der Waals surface area (Å²) in [6.45, 7) is 0.543. The van der Waals surface area contributed by atoms with Crippen molar-refractivity contribution in [3.8, 4) is 0 Å². The SMILES string of the molecule is O=C(O)c1cn(Cc2ccc(Br)cn2)c2ccccc12. The van der Waals surface area contributed by atoms with Crippen LogP contribution in [0.1, 0.15) is 16.1 Å². The van der Waals surface area contributed by atoms with Crippen LogP contribution in [0.4, 0.5) is 0 Å². The van der Waals surface area contributed by atoms with Gasteiger partial charge in [-0.1, -0.05) is 18.2 Å². The molecule has 0 fully saturated rings. The molecule has 2 heterocycles. The Morgan fingerprint density at radius 1 is 1.25 bits per heavy atom. The van der Waals surface area contributed by atoms with E-state index in [1.54, 1.807) is 12.4 Å². The third kappa shape index (κ3) is 2.32. The van der Waals surface area contributed by atoms with E-state index in [0.717, 1.165) is 21.1 Å². The van der Waals surface area contributed by atoms with Gasteiger partial charge in [0.2, 0.25) is 0 Å². The highest BCUT2D eigenvalue weighted by Crippen LogP contribution is 2.22. The molecule has 3 aromatic rings. The van der Waals surface area contributed by atoms with Gasteiger partial charge in [0.05, 0.1) is 17.8 Å². The van der Waals surface area contributed by atoms with E-state index in [1.165, 1.54) is 0 Å². The van der Waals surface area contributed by atoms with Crippen LogP contribution in [0.2, 0.25) is 0 Å². The highest BCUT2D eigenvalue weighted by Gasteiger charge is 2.13. The number of pyridine rings is 1. The third-order valence-corrected chi connectivity index (χ3v) is 3.61. The highest BCUT2D eigenvalue weighted by molar-refractivity contribution is 9.10. The molecule has 0 aliphatic rings. The van der Waals surface area contributed by atoms with Crippen molar-refractivity contribution in [2.75, 3.05) is 0 Å². The summed E-state index contributed by atoms with van der Waals surface area (Å²) >= 11 is 3.35. The van der Waals surface area contributed by atoms with Gasteiger partial charge in [0, 0.05) is 27.8 Å². The minimum absolute atomic E-state index is 0.317. The van der Waals surface area contributed by atoms with Crippen LogP contribution in [0.5, 0.6) is 0 Å². The summed E-state index contributed by atoms with van der Waals surface area (Å²) in [5, 5.41) is 10.0. The van der Waals surface area contributed by atoms with Crippen LogP contribution in [0.15, 0.2) is 53.3 Å². The van der Waals surface area contributed by atoms with E-state index in [1.807, 2.05) is 41.0 Å². The zero-order chi connectivity index (χ0) is 14.1. The molecule has 1 N–H and O–H groups in total. The Bertz CT molecular complexity index is 778. The van der Waals surface area contributed by atoms with Gasteiger partial charge in [-0.05, 0) is 34.1 Å². The molecule has 0 radical (unpaired) electrons. The zero-order valence-electron chi connectivity index (χ0n) is 10.5. The van der Waals surface area contributed by atoms with Crippen LogP contribution in [0.25, 0.3) is 10.9 Å². The number of aromatic carboxylic acids is 1. The summed E-state index contributed by atoms with van der Waals surface area (Å²) in [6, 6.07) is 11.3. The molecule has 3 rings (SSSR count). The normalized spacial score (nSPS) is 10.8. The van der Waals surface area contributed by atoms with Gasteiger partial charge in [-0.2, -0.15) is 0 Å². The Labute approximate surface area is 123 Å². The van der Waals surface area contributed by atoms with E-state index in [9.17, 15) is 9.90 Å². The number of para-hydroxylation sites is 1. The van der Waals surface area contributed by atoms with E-state index < -0.39 is 5.97 Å². The molecule has 0 aliphatic carbocycles. The summed E-state index contributed by atoms with van der Waals surface area (Å²) in [5.74, 6) is -0.913. The number of hydrogen-bond acceptors (Lipinski definition) is 2. The second-order valence-electron chi connectivity index (χ2n) is 4.46. The van der Waals surface area contributed by atoms with E-state index >= 15 is 0 Å². The van der Waals surface area contributed by atoms with Gasteiger partial charge >= 0.3 is 5.97 Å². The van der Waals surface area contributed by atoms with Crippen molar-refractivity contribution in [1.82, 2.24) is 9.55 Å². The number of carbonyl (C=O) groups is 1. The first kappa shape index (κ1) is 12.9. The largest absolute Gasteiger partial charge is 0.478 e. The van der Waals surface area contributed by atoms with Gasteiger partial charge in [-0.25, -0.2) is 4.79 Å². The zero-order valence-corrected chi connectivity index (χ0v) is 12.0. The molecule has 0 saturated carbocycles. The van der Waals surface area contributed by atoms with Crippen LogP contribution in [0, 0.1) is 0 Å². The van der Waals surface area contributed by atoms with Crippen molar-refractivity contribution in [2.45, 2.75) is 6.54 Å². The van der Waals surface area contributed by atoms with Crippen molar-refractivity contribution >= 4 is 32.8 Å². The predicted molar refractivity (Wildman–Crippen MR) is 79.9 cm³/mol. The maximum atomic E-state index is 11.3. The molecule has 0 bridgehead atoms. The molecular formula is C15H11BrN2O2. The van der Waals surface area contributed by atoms with Gasteiger partial charge in [-0.15, -0.1) is 0 Å². The van der Waals surface area contributed by atoms with Gasteiger partial charge in [0.15, 0.2) is 0 Å². The Morgan fingerprint density at radius 2 is 2.05 bits per heavy atom. The molecule has 5 heteroatoms. The predicted octanol–water partition coefficient (Wildman–Crippen LogP) is 3.55. The minimum Gasteiger partial charge on any atom is -0.478 e. The summed E-state index contributed by atoms with van der Waals surface area (Å²) < 4.78 is 2.83. The maximum Gasteiger partial charge on any atom is 0.337 e. The van der Waals surface area contributed by atoms with Gasteiger partial charge in [-0.3, -0.25) is 4.98 Å². The van der Waals surface area contributed by atoms with Crippen LogP contribution in [-0.2, 0) is 6.54 Å². The summed E-state index contributed by atoms with van der Waals surface area (Å²) in [4.78, 5) is 15.6. The second-order valence-corrected chi connectivity index (χ2v) is 5.38.